The zero-order valence-electron chi connectivity index (χ0n) is 12.8. The number of benzene rings is 1. The lowest BCUT2D eigenvalue weighted by Crippen LogP contribution is -2.41. The van der Waals surface area contributed by atoms with Gasteiger partial charge in [0.05, 0.1) is 0 Å². The van der Waals surface area contributed by atoms with E-state index in [1.165, 1.54) is 5.56 Å². The van der Waals surface area contributed by atoms with Crippen LogP contribution in [-0.2, 0) is 16.0 Å². The minimum absolute atomic E-state index is 0. The van der Waals surface area contributed by atoms with Gasteiger partial charge in [0.1, 0.15) is 0 Å². The van der Waals surface area contributed by atoms with E-state index >= 15 is 0 Å². The Bertz CT molecular complexity index is 467. The highest BCUT2D eigenvalue weighted by molar-refractivity contribution is 9.10. The molecule has 0 bridgehead atoms. The summed E-state index contributed by atoms with van der Waals surface area (Å²) in [6.45, 7) is 2.47. The minimum Gasteiger partial charge on any atom is -0.385 e. The summed E-state index contributed by atoms with van der Waals surface area (Å²) in [4.78, 5) is 12.5. The Balaban J connectivity index is 0.00000242. The summed E-state index contributed by atoms with van der Waals surface area (Å²) in [5.41, 5.74) is 1.17. The van der Waals surface area contributed by atoms with E-state index in [1.807, 2.05) is 12.1 Å². The number of rotatable bonds is 7. The molecule has 0 aliphatic carbocycles. The maximum Gasteiger partial charge on any atom is 0.223 e. The standard InChI is InChI=1S/C16H23BrN2O2.ClH/c1-21-8-6-13(9-12-3-2-4-14(17)10-12)16(20)19-15-5-7-18-11-15;/h2-4,10,13,15,18H,5-9,11H2,1H3,(H,19,20);1H. The number of amides is 1. The summed E-state index contributed by atoms with van der Waals surface area (Å²) in [5, 5.41) is 6.43. The second kappa shape index (κ2) is 10.2. The van der Waals surface area contributed by atoms with Crippen molar-refractivity contribution < 1.29 is 9.53 Å². The molecule has 0 radical (unpaired) electrons. The zero-order chi connectivity index (χ0) is 15.1. The number of nitrogens with one attached hydrogen (secondary N) is 2. The van der Waals surface area contributed by atoms with Crippen LogP contribution >= 0.6 is 28.3 Å². The molecule has 1 aromatic rings. The molecule has 1 aliphatic heterocycles. The predicted octanol–water partition coefficient (Wildman–Crippen LogP) is 2.54. The fourth-order valence-corrected chi connectivity index (χ4v) is 3.08. The van der Waals surface area contributed by atoms with Crippen LogP contribution in [0.1, 0.15) is 18.4 Å². The van der Waals surface area contributed by atoms with Crippen LogP contribution in [0.3, 0.4) is 0 Å². The summed E-state index contributed by atoms with van der Waals surface area (Å²) < 4.78 is 6.20. The van der Waals surface area contributed by atoms with Crippen LogP contribution in [0.5, 0.6) is 0 Å². The Hall–Kier alpha value is -0.620. The van der Waals surface area contributed by atoms with Crippen molar-refractivity contribution in [3.63, 3.8) is 0 Å². The molecule has 1 fully saturated rings. The molecule has 1 saturated heterocycles. The number of methoxy groups -OCH3 is 1. The highest BCUT2D eigenvalue weighted by Crippen LogP contribution is 2.18. The monoisotopic (exact) mass is 390 g/mol. The number of ether oxygens (including phenoxy) is 1. The van der Waals surface area contributed by atoms with Gasteiger partial charge in [-0.3, -0.25) is 4.79 Å². The summed E-state index contributed by atoms with van der Waals surface area (Å²) in [5.74, 6) is 0.0978. The fraction of sp³-hybridized carbons (Fsp3) is 0.562. The SMILES string of the molecule is COCCC(Cc1cccc(Br)c1)C(=O)NC1CCNC1.Cl. The van der Waals surface area contributed by atoms with E-state index in [2.05, 4.69) is 38.7 Å². The molecular formula is C16H24BrClN2O2. The molecule has 22 heavy (non-hydrogen) atoms. The molecule has 6 heteroatoms. The van der Waals surface area contributed by atoms with E-state index in [0.29, 0.717) is 6.61 Å². The quantitative estimate of drug-likeness (QED) is 0.751. The first-order chi connectivity index (χ1) is 10.2. The van der Waals surface area contributed by atoms with Gasteiger partial charge in [-0.1, -0.05) is 28.1 Å². The Morgan fingerprint density at radius 3 is 3.00 bits per heavy atom. The summed E-state index contributed by atoms with van der Waals surface area (Å²) in [6, 6.07) is 8.41. The van der Waals surface area contributed by atoms with E-state index in [9.17, 15) is 4.79 Å². The molecule has 2 rings (SSSR count). The first-order valence-corrected chi connectivity index (χ1v) is 8.23. The molecule has 2 atom stereocenters. The Kier molecular flexibility index (Phi) is 9.02. The Labute approximate surface area is 146 Å². The zero-order valence-corrected chi connectivity index (χ0v) is 15.2. The van der Waals surface area contributed by atoms with Crippen molar-refractivity contribution in [1.29, 1.82) is 0 Å². The van der Waals surface area contributed by atoms with Gasteiger partial charge in [-0.05, 0) is 43.5 Å². The molecule has 1 amide bonds. The van der Waals surface area contributed by atoms with Crippen LogP contribution < -0.4 is 10.6 Å². The van der Waals surface area contributed by atoms with Gasteiger partial charge < -0.3 is 15.4 Å². The molecule has 0 saturated carbocycles. The van der Waals surface area contributed by atoms with E-state index in [1.54, 1.807) is 7.11 Å². The van der Waals surface area contributed by atoms with Crippen LogP contribution in [0.2, 0.25) is 0 Å². The minimum atomic E-state index is -0.0418. The van der Waals surface area contributed by atoms with Crippen LogP contribution in [0.4, 0.5) is 0 Å². The van der Waals surface area contributed by atoms with Crippen LogP contribution in [0.25, 0.3) is 0 Å². The first-order valence-electron chi connectivity index (χ1n) is 7.43. The molecular weight excluding hydrogens is 368 g/mol. The second-order valence-electron chi connectivity index (χ2n) is 5.51. The fourth-order valence-electron chi connectivity index (χ4n) is 2.63. The normalized spacial score (nSPS) is 18.5. The largest absolute Gasteiger partial charge is 0.385 e. The van der Waals surface area contributed by atoms with Gasteiger partial charge in [-0.2, -0.15) is 0 Å². The molecule has 1 aromatic carbocycles. The second-order valence-corrected chi connectivity index (χ2v) is 6.43. The smallest absolute Gasteiger partial charge is 0.223 e. The van der Waals surface area contributed by atoms with Crippen molar-refractivity contribution in [2.24, 2.45) is 5.92 Å². The third kappa shape index (κ3) is 6.24. The predicted molar refractivity (Wildman–Crippen MR) is 94.5 cm³/mol. The molecule has 1 aliphatic rings. The summed E-state index contributed by atoms with van der Waals surface area (Å²) in [6.07, 6.45) is 2.50. The molecule has 124 valence electrons. The number of halogens is 2. The van der Waals surface area contributed by atoms with Gasteiger partial charge in [-0.15, -0.1) is 12.4 Å². The van der Waals surface area contributed by atoms with E-state index in [4.69, 9.17) is 4.74 Å². The highest BCUT2D eigenvalue weighted by atomic mass is 79.9. The average Bonchev–Trinajstić information content (AvgIpc) is 2.96. The van der Waals surface area contributed by atoms with Gasteiger partial charge in [0.25, 0.3) is 0 Å². The van der Waals surface area contributed by atoms with Crippen molar-refractivity contribution in [3.05, 3.63) is 34.3 Å². The van der Waals surface area contributed by atoms with Crippen molar-refractivity contribution >= 4 is 34.2 Å². The van der Waals surface area contributed by atoms with Gasteiger partial charge >= 0.3 is 0 Å². The molecule has 0 aromatic heterocycles. The molecule has 2 N–H and O–H groups in total. The van der Waals surface area contributed by atoms with Gasteiger partial charge in [0.15, 0.2) is 0 Å². The molecule has 1 heterocycles. The van der Waals surface area contributed by atoms with Crippen molar-refractivity contribution in [2.45, 2.75) is 25.3 Å². The van der Waals surface area contributed by atoms with Gasteiger partial charge in [0.2, 0.25) is 5.91 Å². The van der Waals surface area contributed by atoms with E-state index < -0.39 is 0 Å². The Morgan fingerprint density at radius 1 is 1.55 bits per heavy atom. The lowest BCUT2D eigenvalue weighted by Gasteiger charge is -2.19. The van der Waals surface area contributed by atoms with E-state index in [-0.39, 0.29) is 30.3 Å². The van der Waals surface area contributed by atoms with Crippen LogP contribution in [0.15, 0.2) is 28.7 Å². The maximum absolute atomic E-state index is 12.5. The number of carbonyl (C=O) groups is 1. The lowest BCUT2D eigenvalue weighted by molar-refractivity contribution is -0.126. The van der Waals surface area contributed by atoms with Gasteiger partial charge in [0, 0.05) is 36.7 Å². The summed E-state index contributed by atoms with van der Waals surface area (Å²) >= 11 is 3.48. The third-order valence-corrected chi connectivity index (χ3v) is 4.31. The topological polar surface area (TPSA) is 50.4 Å². The molecule has 0 spiro atoms. The van der Waals surface area contributed by atoms with Crippen LogP contribution in [-0.4, -0.2) is 38.8 Å². The average molecular weight is 392 g/mol. The number of carbonyl (C=O) groups excluding carboxylic acids is 1. The van der Waals surface area contributed by atoms with Crippen LogP contribution in [0, 0.1) is 5.92 Å². The maximum atomic E-state index is 12.5. The van der Waals surface area contributed by atoms with Gasteiger partial charge in [-0.25, -0.2) is 0 Å². The molecule has 4 nitrogen and oxygen atoms in total. The summed E-state index contributed by atoms with van der Waals surface area (Å²) in [7, 11) is 1.68. The molecule has 2 unspecified atom stereocenters. The van der Waals surface area contributed by atoms with E-state index in [0.717, 1.165) is 36.8 Å². The highest BCUT2D eigenvalue weighted by Gasteiger charge is 2.23. The first kappa shape index (κ1) is 19.4. The van der Waals surface area contributed by atoms with Crippen molar-refractivity contribution in [2.75, 3.05) is 26.8 Å². The Morgan fingerprint density at radius 2 is 2.36 bits per heavy atom. The lowest BCUT2D eigenvalue weighted by atomic mass is 9.95. The van der Waals surface area contributed by atoms with Crippen molar-refractivity contribution in [1.82, 2.24) is 10.6 Å². The number of hydrogen-bond acceptors (Lipinski definition) is 3. The third-order valence-electron chi connectivity index (χ3n) is 3.82. The van der Waals surface area contributed by atoms with Crippen molar-refractivity contribution in [3.8, 4) is 0 Å². The number of hydrogen-bond donors (Lipinski definition) is 2.